The Kier molecular flexibility index (Phi) is 3.92. The Balaban J connectivity index is 2.18. The van der Waals surface area contributed by atoms with Crippen LogP contribution >= 0.6 is 23.2 Å². The van der Waals surface area contributed by atoms with Gasteiger partial charge in [-0.1, -0.05) is 23.2 Å². The lowest BCUT2D eigenvalue weighted by molar-refractivity contribution is 0.185. The Morgan fingerprint density at radius 2 is 2.12 bits per heavy atom. The molecule has 1 atom stereocenters. The van der Waals surface area contributed by atoms with Crippen molar-refractivity contribution in [3.05, 3.63) is 28.2 Å². The summed E-state index contributed by atoms with van der Waals surface area (Å²) in [6.45, 7) is 2.97. The van der Waals surface area contributed by atoms with E-state index >= 15 is 0 Å². The van der Waals surface area contributed by atoms with Gasteiger partial charge in [0.05, 0.1) is 16.1 Å². The van der Waals surface area contributed by atoms with Crippen molar-refractivity contribution in [3.63, 3.8) is 0 Å². The van der Waals surface area contributed by atoms with Crippen molar-refractivity contribution in [1.29, 1.82) is 0 Å². The van der Waals surface area contributed by atoms with Gasteiger partial charge in [0, 0.05) is 31.9 Å². The maximum absolute atomic E-state index is 9.68. The molecule has 0 aromatic heterocycles. The largest absolute Gasteiger partial charge is 0.390 e. The average molecular weight is 261 g/mol. The first-order chi connectivity index (χ1) is 7.66. The molecule has 0 aliphatic carbocycles. The predicted molar refractivity (Wildman–Crippen MR) is 67.6 cm³/mol. The molecule has 2 N–H and O–H groups in total. The van der Waals surface area contributed by atoms with Crippen molar-refractivity contribution in [2.45, 2.75) is 6.10 Å². The van der Waals surface area contributed by atoms with Gasteiger partial charge in [0.25, 0.3) is 0 Å². The van der Waals surface area contributed by atoms with Crippen molar-refractivity contribution < 1.29 is 5.11 Å². The number of nitrogens with one attached hydrogen (secondary N) is 1. The monoisotopic (exact) mass is 260 g/mol. The standard InChI is InChI=1S/C11H14Cl2N2O/c12-10-2-1-8(5-11(10)13)15-4-3-14-6-9(16)7-15/h1-2,5,9,14,16H,3-4,6-7H2. The van der Waals surface area contributed by atoms with Gasteiger partial charge in [0.15, 0.2) is 0 Å². The number of rotatable bonds is 1. The molecule has 3 nitrogen and oxygen atoms in total. The van der Waals surface area contributed by atoms with Crippen LogP contribution in [0.4, 0.5) is 5.69 Å². The summed E-state index contributed by atoms with van der Waals surface area (Å²) in [7, 11) is 0. The van der Waals surface area contributed by atoms with Crippen LogP contribution in [0.5, 0.6) is 0 Å². The number of halogens is 2. The van der Waals surface area contributed by atoms with Gasteiger partial charge in [-0.05, 0) is 18.2 Å². The highest BCUT2D eigenvalue weighted by Crippen LogP contribution is 2.27. The lowest BCUT2D eigenvalue weighted by Crippen LogP contribution is -2.32. The zero-order valence-corrected chi connectivity index (χ0v) is 10.3. The Labute approximate surface area is 105 Å². The van der Waals surface area contributed by atoms with E-state index in [-0.39, 0.29) is 6.10 Å². The summed E-state index contributed by atoms with van der Waals surface area (Å²) in [6.07, 6.45) is -0.350. The van der Waals surface area contributed by atoms with Crippen molar-refractivity contribution in [3.8, 4) is 0 Å². The summed E-state index contributed by atoms with van der Waals surface area (Å²) >= 11 is 11.8. The fraction of sp³-hybridized carbons (Fsp3) is 0.455. The molecule has 0 saturated carbocycles. The third-order valence-corrected chi connectivity index (χ3v) is 3.38. The second kappa shape index (κ2) is 5.23. The van der Waals surface area contributed by atoms with E-state index in [1.54, 1.807) is 6.07 Å². The molecular weight excluding hydrogens is 247 g/mol. The molecule has 0 amide bonds. The van der Waals surface area contributed by atoms with E-state index in [1.165, 1.54) is 0 Å². The summed E-state index contributed by atoms with van der Waals surface area (Å²) in [6, 6.07) is 5.54. The summed E-state index contributed by atoms with van der Waals surface area (Å²) in [5.41, 5.74) is 0.997. The minimum absolute atomic E-state index is 0.350. The number of hydrogen-bond acceptors (Lipinski definition) is 3. The van der Waals surface area contributed by atoms with Crippen LogP contribution in [0.2, 0.25) is 10.0 Å². The number of hydrogen-bond donors (Lipinski definition) is 2. The molecule has 0 radical (unpaired) electrons. The predicted octanol–water partition coefficient (Wildman–Crippen LogP) is 1.76. The average Bonchev–Trinajstić information content (AvgIpc) is 2.47. The molecule has 1 heterocycles. The molecule has 16 heavy (non-hydrogen) atoms. The molecule has 1 aliphatic heterocycles. The molecular formula is C11H14Cl2N2O. The normalized spacial score (nSPS) is 21.9. The van der Waals surface area contributed by atoms with Gasteiger partial charge >= 0.3 is 0 Å². The first-order valence-electron chi connectivity index (χ1n) is 5.25. The van der Waals surface area contributed by atoms with E-state index in [0.29, 0.717) is 23.1 Å². The lowest BCUT2D eigenvalue weighted by Gasteiger charge is -2.24. The second-order valence-electron chi connectivity index (χ2n) is 3.90. The number of aliphatic hydroxyl groups excluding tert-OH is 1. The molecule has 1 aromatic rings. The van der Waals surface area contributed by atoms with Crippen LogP contribution in [0.15, 0.2) is 18.2 Å². The maximum atomic E-state index is 9.68. The highest BCUT2D eigenvalue weighted by atomic mass is 35.5. The van der Waals surface area contributed by atoms with Crippen LogP contribution in [0.3, 0.4) is 0 Å². The number of aliphatic hydroxyl groups is 1. The van der Waals surface area contributed by atoms with Crippen molar-refractivity contribution in [2.24, 2.45) is 0 Å². The molecule has 1 saturated heterocycles. The van der Waals surface area contributed by atoms with Crippen molar-refractivity contribution >= 4 is 28.9 Å². The Morgan fingerprint density at radius 1 is 1.31 bits per heavy atom. The summed E-state index contributed by atoms with van der Waals surface area (Å²) in [5.74, 6) is 0. The smallest absolute Gasteiger partial charge is 0.0839 e. The van der Waals surface area contributed by atoms with Crippen molar-refractivity contribution in [1.82, 2.24) is 5.32 Å². The van der Waals surface area contributed by atoms with Gasteiger partial charge in [0.2, 0.25) is 0 Å². The van der Waals surface area contributed by atoms with Gasteiger partial charge in [-0.25, -0.2) is 0 Å². The SMILES string of the molecule is OC1CNCCN(c2ccc(Cl)c(Cl)c2)C1. The van der Waals surface area contributed by atoms with Gasteiger partial charge in [-0.2, -0.15) is 0 Å². The highest BCUT2D eigenvalue weighted by Gasteiger charge is 2.16. The second-order valence-corrected chi connectivity index (χ2v) is 4.72. The zero-order chi connectivity index (χ0) is 11.5. The number of benzene rings is 1. The fourth-order valence-corrected chi connectivity index (χ4v) is 2.10. The number of nitrogens with zero attached hydrogens (tertiary/aromatic N) is 1. The summed E-state index contributed by atoms with van der Waals surface area (Å²) in [5, 5.41) is 14.0. The Hall–Kier alpha value is -0.480. The third kappa shape index (κ3) is 2.80. The van der Waals surface area contributed by atoms with E-state index < -0.39 is 0 Å². The number of β-amino-alcohol motifs (C(OH)–C–C–N with tert-alkyl or cyclic N) is 1. The van der Waals surface area contributed by atoms with E-state index in [9.17, 15) is 5.11 Å². The van der Waals surface area contributed by atoms with Crippen LogP contribution in [-0.2, 0) is 0 Å². The number of anilines is 1. The van der Waals surface area contributed by atoms with Crippen molar-refractivity contribution in [2.75, 3.05) is 31.1 Å². The molecule has 1 unspecified atom stereocenters. The van der Waals surface area contributed by atoms with Crippen LogP contribution in [0.25, 0.3) is 0 Å². The van der Waals surface area contributed by atoms with Crippen LogP contribution in [0.1, 0.15) is 0 Å². The topological polar surface area (TPSA) is 35.5 Å². The summed E-state index contributed by atoms with van der Waals surface area (Å²) < 4.78 is 0. The minimum atomic E-state index is -0.350. The van der Waals surface area contributed by atoms with E-state index in [2.05, 4.69) is 10.2 Å². The van der Waals surface area contributed by atoms with Crippen LogP contribution in [-0.4, -0.2) is 37.4 Å². The quantitative estimate of drug-likeness (QED) is 0.808. The third-order valence-electron chi connectivity index (χ3n) is 2.64. The molecule has 1 aromatic carbocycles. The first-order valence-corrected chi connectivity index (χ1v) is 6.01. The van der Waals surface area contributed by atoms with Crippen LogP contribution < -0.4 is 10.2 Å². The van der Waals surface area contributed by atoms with E-state index in [0.717, 1.165) is 18.8 Å². The Bertz CT molecular complexity index is 373. The molecule has 1 fully saturated rings. The first kappa shape index (κ1) is 12.0. The Morgan fingerprint density at radius 3 is 2.88 bits per heavy atom. The molecule has 0 spiro atoms. The van der Waals surface area contributed by atoms with Gasteiger partial charge in [-0.15, -0.1) is 0 Å². The van der Waals surface area contributed by atoms with Gasteiger partial charge < -0.3 is 15.3 Å². The van der Waals surface area contributed by atoms with E-state index in [4.69, 9.17) is 23.2 Å². The summed E-state index contributed by atoms with van der Waals surface area (Å²) in [4.78, 5) is 2.10. The maximum Gasteiger partial charge on any atom is 0.0839 e. The van der Waals surface area contributed by atoms with Crippen LogP contribution in [0, 0.1) is 0 Å². The van der Waals surface area contributed by atoms with E-state index in [1.807, 2.05) is 12.1 Å². The zero-order valence-electron chi connectivity index (χ0n) is 8.79. The lowest BCUT2D eigenvalue weighted by atomic mass is 10.2. The fourth-order valence-electron chi connectivity index (χ4n) is 1.81. The van der Waals surface area contributed by atoms with Gasteiger partial charge in [-0.3, -0.25) is 0 Å². The molecule has 88 valence electrons. The highest BCUT2D eigenvalue weighted by molar-refractivity contribution is 6.42. The minimum Gasteiger partial charge on any atom is -0.390 e. The molecule has 5 heteroatoms. The molecule has 2 rings (SSSR count). The molecule has 1 aliphatic rings. The molecule has 0 bridgehead atoms. The van der Waals surface area contributed by atoms with Gasteiger partial charge in [0.1, 0.15) is 0 Å².